The highest BCUT2D eigenvalue weighted by molar-refractivity contribution is 9.10. The summed E-state index contributed by atoms with van der Waals surface area (Å²) in [6.07, 6.45) is 0. The van der Waals surface area contributed by atoms with Crippen molar-refractivity contribution < 1.29 is 4.92 Å². The van der Waals surface area contributed by atoms with Gasteiger partial charge in [0.25, 0.3) is 5.69 Å². The smallest absolute Gasteiger partial charge is 0.292 e. The van der Waals surface area contributed by atoms with Crippen molar-refractivity contribution in [3.63, 3.8) is 0 Å². The molecule has 0 bridgehead atoms. The number of nitro benzene ring substituents is 1. The van der Waals surface area contributed by atoms with Crippen molar-refractivity contribution in [1.82, 2.24) is 0 Å². The first kappa shape index (κ1) is 15.8. The number of anilines is 1. The van der Waals surface area contributed by atoms with Crippen molar-refractivity contribution in [2.75, 3.05) is 5.32 Å². The van der Waals surface area contributed by atoms with Crippen LogP contribution in [-0.2, 0) is 6.54 Å². The fraction of sp³-hybridized carbons (Fsp3) is 0.200. The van der Waals surface area contributed by atoms with E-state index in [-0.39, 0.29) is 10.6 Å². The minimum atomic E-state index is -0.369. The van der Waals surface area contributed by atoms with Crippen molar-refractivity contribution in [2.24, 2.45) is 0 Å². The summed E-state index contributed by atoms with van der Waals surface area (Å²) in [5.41, 5.74) is 3.50. The lowest BCUT2D eigenvalue weighted by atomic mass is 10.1. The molecule has 2 aromatic rings. The molecule has 0 fully saturated rings. The van der Waals surface area contributed by atoms with E-state index in [1.807, 2.05) is 19.9 Å². The van der Waals surface area contributed by atoms with Crippen LogP contribution in [0.3, 0.4) is 0 Å². The number of nitrogens with one attached hydrogen (secondary N) is 1. The summed E-state index contributed by atoms with van der Waals surface area (Å²) in [4.78, 5) is 10.8. The molecule has 1 N–H and O–H groups in total. The van der Waals surface area contributed by atoms with Crippen LogP contribution in [-0.4, -0.2) is 4.92 Å². The Morgan fingerprint density at radius 2 is 1.90 bits per heavy atom. The molecule has 0 aliphatic heterocycles. The SMILES string of the molecule is Cc1cc(NCc2ccc(Cl)cc2Br)c([N+](=O)[O-])cc1C. The molecule has 0 aliphatic carbocycles. The first-order chi connectivity index (χ1) is 9.88. The third-order valence-corrected chi connectivity index (χ3v) is 4.27. The zero-order valence-corrected chi connectivity index (χ0v) is 14.0. The van der Waals surface area contributed by atoms with Gasteiger partial charge >= 0.3 is 0 Å². The highest BCUT2D eigenvalue weighted by Crippen LogP contribution is 2.29. The van der Waals surface area contributed by atoms with Crippen LogP contribution < -0.4 is 5.32 Å². The van der Waals surface area contributed by atoms with Gasteiger partial charge in [0.1, 0.15) is 5.69 Å². The zero-order chi connectivity index (χ0) is 15.6. The number of halogens is 2. The van der Waals surface area contributed by atoms with Gasteiger partial charge in [-0.1, -0.05) is 33.6 Å². The molecule has 0 atom stereocenters. The number of aryl methyl sites for hydroxylation is 2. The Morgan fingerprint density at radius 1 is 1.24 bits per heavy atom. The Hall–Kier alpha value is -1.59. The van der Waals surface area contributed by atoms with Crippen molar-refractivity contribution in [3.8, 4) is 0 Å². The Morgan fingerprint density at radius 3 is 2.52 bits per heavy atom. The minimum Gasteiger partial charge on any atom is -0.375 e. The van der Waals surface area contributed by atoms with E-state index in [1.54, 1.807) is 24.3 Å². The lowest BCUT2D eigenvalue weighted by Gasteiger charge is -2.11. The van der Waals surface area contributed by atoms with Gasteiger partial charge < -0.3 is 5.32 Å². The van der Waals surface area contributed by atoms with E-state index in [1.165, 1.54) is 0 Å². The number of hydrogen-bond donors (Lipinski definition) is 1. The molecule has 0 spiro atoms. The minimum absolute atomic E-state index is 0.0863. The number of nitrogens with zero attached hydrogens (tertiary/aromatic N) is 1. The van der Waals surface area contributed by atoms with E-state index in [9.17, 15) is 10.1 Å². The van der Waals surface area contributed by atoms with Crippen molar-refractivity contribution in [1.29, 1.82) is 0 Å². The molecule has 2 rings (SSSR count). The van der Waals surface area contributed by atoms with Crippen LogP contribution in [0.15, 0.2) is 34.8 Å². The van der Waals surface area contributed by atoms with E-state index in [4.69, 9.17) is 11.6 Å². The molecule has 110 valence electrons. The van der Waals surface area contributed by atoms with E-state index in [0.717, 1.165) is 21.2 Å². The fourth-order valence-corrected chi connectivity index (χ4v) is 2.77. The molecule has 0 unspecified atom stereocenters. The predicted molar refractivity (Wildman–Crippen MR) is 89.0 cm³/mol. The van der Waals surface area contributed by atoms with Gasteiger partial charge in [0.15, 0.2) is 0 Å². The third-order valence-electron chi connectivity index (χ3n) is 3.29. The van der Waals surface area contributed by atoms with Gasteiger partial charge in [0.05, 0.1) is 4.92 Å². The van der Waals surface area contributed by atoms with Gasteiger partial charge in [-0.25, -0.2) is 0 Å². The van der Waals surface area contributed by atoms with Gasteiger partial charge in [0.2, 0.25) is 0 Å². The number of rotatable bonds is 4. The molecular formula is C15H14BrClN2O2. The maximum atomic E-state index is 11.1. The molecule has 0 aliphatic rings. The van der Waals surface area contributed by atoms with Gasteiger partial charge in [-0.15, -0.1) is 0 Å². The lowest BCUT2D eigenvalue weighted by molar-refractivity contribution is -0.384. The van der Waals surface area contributed by atoms with Gasteiger partial charge in [-0.2, -0.15) is 0 Å². The summed E-state index contributed by atoms with van der Waals surface area (Å²) in [5.74, 6) is 0. The summed E-state index contributed by atoms with van der Waals surface area (Å²) < 4.78 is 0.869. The van der Waals surface area contributed by atoms with Crippen LogP contribution in [0.4, 0.5) is 11.4 Å². The van der Waals surface area contributed by atoms with Crippen LogP contribution in [0, 0.1) is 24.0 Å². The monoisotopic (exact) mass is 368 g/mol. The molecular weight excluding hydrogens is 356 g/mol. The van der Waals surface area contributed by atoms with E-state index < -0.39 is 0 Å². The summed E-state index contributed by atoms with van der Waals surface area (Å²) >= 11 is 9.34. The summed E-state index contributed by atoms with van der Waals surface area (Å²) in [6, 6.07) is 8.86. The zero-order valence-electron chi connectivity index (χ0n) is 11.6. The number of benzene rings is 2. The first-order valence-corrected chi connectivity index (χ1v) is 7.49. The predicted octanol–water partition coefficient (Wildman–Crippen LogP) is 5.24. The van der Waals surface area contributed by atoms with Crippen LogP contribution in [0.5, 0.6) is 0 Å². The summed E-state index contributed by atoms with van der Waals surface area (Å²) in [7, 11) is 0. The van der Waals surface area contributed by atoms with Crippen molar-refractivity contribution in [2.45, 2.75) is 20.4 Å². The number of hydrogen-bond acceptors (Lipinski definition) is 3. The van der Waals surface area contributed by atoms with Crippen LogP contribution in [0.1, 0.15) is 16.7 Å². The number of nitro groups is 1. The van der Waals surface area contributed by atoms with E-state index in [0.29, 0.717) is 17.3 Å². The second-order valence-electron chi connectivity index (χ2n) is 4.80. The second kappa shape index (κ2) is 6.45. The Kier molecular flexibility index (Phi) is 4.85. The highest BCUT2D eigenvalue weighted by atomic mass is 79.9. The molecule has 2 aromatic carbocycles. The van der Waals surface area contributed by atoms with Crippen LogP contribution in [0.25, 0.3) is 0 Å². The van der Waals surface area contributed by atoms with E-state index >= 15 is 0 Å². The maximum Gasteiger partial charge on any atom is 0.292 e. The fourth-order valence-electron chi connectivity index (χ4n) is 1.95. The van der Waals surface area contributed by atoms with Gasteiger partial charge in [-0.3, -0.25) is 10.1 Å². The molecule has 0 saturated heterocycles. The second-order valence-corrected chi connectivity index (χ2v) is 6.09. The lowest BCUT2D eigenvalue weighted by Crippen LogP contribution is -2.04. The molecule has 6 heteroatoms. The van der Waals surface area contributed by atoms with Crippen molar-refractivity contribution in [3.05, 3.63) is 66.6 Å². The van der Waals surface area contributed by atoms with Crippen molar-refractivity contribution >= 4 is 38.9 Å². The Bertz CT molecular complexity index is 704. The Balaban J connectivity index is 2.27. The van der Waals surface area contributed by atoms with Gasteiger partial charge in [-0.05, 0) is 48.7 Å². The molecule has 0 radical (unpaired) electrons. The summed E-state index contributed by atoms with van der Waals surface area (Å²) in [5, 5.41) is 14.9. The third kappa shape index (κ3) is 3.74. The summed E-state index contributed by atoms with van der Waals surface area (Å²) in [6.45, 7) is 4.27. The maximum absolute atomic E-state index is 11.1. The van der Waals surface area contributed by atoms with Crippen LogP contribution >= 0.6 is 27.5 Å². The molecule has 4 nitrogen and oxygen atoms in total. The van der Waals surface area contributed by atoms with E-state index in [2.05, 4.69) is 21.2 Å². The average molecular weight is 370 g/mol. The largest absolute Gasteiger partial charge is 0.375 e. The van der Waals surface area contributed by atoms with Gasteiger partial charge in [0, 0.05) is 22.1 Å². The quantitative estimate of drug-likeness (QED) is 0.592. The molecule has 0 amide bonds. The average Bonchev–Trinajstić information content (AvgIpc) is 2.41. The molecule has 21 heavy (non-hydrogen) atoms. The Labute approximate surface area is 136 Å². The van der Waals surface area contributed by atoms with Crippen LogP contribution in [0.2, 0.25) is 5.02 Å². The first-order valence-electron chi connectivity index (χ1n) is 6.32. The molecule has 0 aromatic heterocycles. The standard InChI is InChI=1S/C15H14BrClN2O2/c1-9-5-14(15(19(20)21)6-10(9)2)18-8-11-3-4-12(17)7-13(11)16/h3-7,18H,8H2,1-2H3. The molecule has 0 heterocycles. The topological polar surface area (TPSA) is 55.2 Å². The normalized spacial score (nSPS) is 10.5. The molecule has 0 saturated carbocycles. The highest BCUT2D eigenvalue weighted by Gasteiger charge is 2.15.